The minimum absolute atomic E-state index is 0.116. The number of imide groups is 1. The first kappa shape index (κ1) is 20.6. The second-order valence-electron chi connectivity index (χ2n) is 8.15. The maximum absolute atomic E-state index is 13.3. The van der Waals surface area contributed by atoms with Crippen LogP contribution in [0.25, 0.3) is 5.57 Å². The molecule has 2 aliphatic rings. The molecule has 28 heavy (non-hydrogen) atoms. The summed E-state index contributed by atoms with van der Waals surface area (Å²) in [5.74, 6) is -0.192. The number of hydrogen-bond donors (Lipinski definition) is 1. The molecule has 1 aromatic rings. The Morgan fingerprint density at radius 3 is 2.61 bits per heavy atom. The highest BCUT2D eigenvalue weighted by molar-refractivity contribution is 6.35. The summed E-state index contributed by atoms with van der Waals surface area (Å²) in [7, 11) is 0. The molecule has 3 rings (SSSR count). The molecule has 1 unspecified atom stereocenters. The van der Waals surface area contributed by atoms with Gasteiger partial charge < -0.3 is 10.0 Å². The Labute approximate surface area is 168 Å². The van der Waals surface area contributed by atoms with Crippen LogP contribution in [-0.4, -0.2) is 53.0 Å². The van der Waals surface area contributed by atoms with Gasteiger partial charge in [-0.1, -0.05) is 43.5 Å². The summed E-state index contributed by atoms with van der Waals surface area (Å²) in [5, 5.41) is 9.62. The molecule has 5 heteroatoms. The van der Waals surface area contributed by atoms with Crippen LogP contribution >= 0.6 is 0 Å². The first-order valence-electron chi connectivity index (χ1n) is 10.5. The van der Waals surface area contributed by atoms with Gasteiger partial charge in [-0.2, -0.15) is 0 Å². The molecule has 0 bridgehead atoms. The molecule has 1 N–H and O–H groups in total. The van der Waals surface area contributed by atoms with Gasteiger partial charge in [0.25, 0.3) is 11.8 Å². The second kappa shape index (κ2) is 8.91. The van der Waals surface area contributed by atoms with Gasteiger partial charge in [-0.15, -0.1) is 0 Å². The molecule has 0 spiro atoms. The molecule has 0 saturated carbocycles. The SMILES string of the molecule is CCCCCN1C(=O)C(c2ccc(C)cc2C)=C(N2CCCC(CO)C2)C1=O. The molecule has 5 nitrogen and oxygen atoms in total. The average Bonchev–Trinajstić information content (AvgIpc) is 2.93. The number of carbonyl (C=O) groups excluding carboxylic acids is 2. The lowest BCUT2D eigenvalue weighted by Gasteiger charge is -2.34. The number of amides is 2. The summed E-state index contributed by atoms with van der Waals surface area (Å²) >= 11 is 0. The maximum atomic E-state index is 13.3. The summed E-state index contributed by atoms with van der Waals surface area (Å²) < 4.78 is 0. The molecule has 1 saturated heterocycles. The van der Waals surface area contributed by atoms with E-state index in [-0.39, 0.29) is 24.3 Å². The van der Waals surface area contributed by atoms with Gasteiger partial charge in [0, 0.05) is 26.2 Å². The van der Waals surface area contributed by atoms with Crippen molar-refractivity contribution in [2.75, 3.05) is 26.2 Å². The smallest absolute Gasteiger partial charge is 0.277 e. The van der Waals surface area contributed by atoms with Crippen LogP contribution in [-0.2, 0) is 9.59 Å². The number of likely N-dealkylation sites (tertiary alicyclic amines) is 1. The van der Waals surface area contributed by atoms with Gasteiger partial charge in [-0.05, 0) is 50.2 Å². The minimum Gasteiger partial charge on any atom is -0.396 e. The highest BCUT2D eigenvalue weighted by atomic mass is 16.3. The monoisotopic (exact) mass is 384 g/mol. The molecular formula is C23H32N2O3. The molecule has 0 radical (unpaired) electrons. The zero-order valence-electron chi connectivity index (χ0n) is 17.3. The van der Waals surface area contributed by atoms with Gasteiger partial charge in [-0.25, -0.2) is 0 Å². The first-order chi connectivity index (χ1) is 13.5. The number of unbranched alkanes of at least 4 members (excludes halogenated alkanes) is 2. The summed E-state index contributed by atoms with van der Waals surface area (Å²) in [6, 6.07) is 6.02. The number of aliphatic hydroxyl groups excluding tert-OH is 1. The van der Waals surface area contributed by atoms with E-state index in [1.54, 1.807) is 0 Å². The first-order valence-corrected chi connectivity index (χ1v) is 10.5. The average molecular weight is 385 g/mol. The molecule has 0 aromatic heterocycles. The fraction of sp³-hybridized carbons (Fsp3) is 0.565. The Bertz CT molecular complexity index is 784. The maximum Gasteiger partial charge on any atom is 0.277 e. The molecule has 152 valence electrons. The number of hydrogen-bond acceptors (Lipinski definition) is 4. The molecule has 1 fully saturated rings. The summed E-state index contributed by atoms with van der Waals surface area (Å²) in [4.78, 5) is 30.1. The Morgan fingerprint density at radius 1 is 1.14 bits per heavy atom. The number of carbonyl (C=O) groups is 2. The van der Waals surface area contributed by atoms with Crippen molar-refractivity contribution < 1.29 is 14.7 Å². The van der Waals surface area contributed by atoms with Crippen LogP contribution in [0.3, 0.4) is 0 Å². The zero-order valence-corrected chi connectivity index (χ0v) is 17.3. The van der Waals surface area contributed by atoms with E-state index in [1.807, 2.05) is 30.9 Å². The molecule has 2 amide bonds. The number of aliphatic hydroxyl groups is 1. The lowest BCUT2D eigenvalue weighted by Crippen LogP contribution is -2.40. The highest BCUT2D eigenvalue weighted by Crippen LogP contribution is 2.35. The van der Waals surface area contributed by atoms with E-state index in [1.165, 1.54) is 4.90 Å². The topological polar surface area (TPSA) is 60.9 Å². The van der Waals surface area contributed by atoms with Crippen LogP contribution in [0.1, 0.15) is 55.7 Å². The molecule has 0 aliphatic carbocycles. The summed E-state index contributed by atoms with van der Waals surface area (Å²) in [6.45, 7) is 8.11. The minimum atomic E-state index is -0.172. The molecule has 1 atom stereocenters. The molecular weight excluding hydrogens is 352 g/mol. The molecule has 1 aromatic carbocycles. The van der Waals surface area contributed by atoms with Crippen molar-refractivity contribution in [2.45, 2.75) is 52.9 Å². The van der Waals surface area contributed by atoms with Crippen molar-refractivity contribution in [1.29, 1.82) is 0 Å². The van der Waals surface area contributed by atoms with E-state index in [0.717, 1.165) is 55.3 Å². The second-order valence-corrected chi connectivity index (χ2v) is 8.15. The number of rotatable bonds is 7. The van der Waals surface area contributed by atoms with Crippen LogP contribution in [0.15, 0.2) is 23.9 Å². The fourth-order valence-corrected chi connectivity index (χ4v) is 4.33. The van der Waals surface area contributed by atoms with E-state index in [4.69, 9.17) is 0 Å². The van der Waals surface area contributed by atoms with Gasteiger partial charge in [-0.3, -0.25) is 14.5 Å². The van der Waals surface area contributed by atoms with Crippen molar-refractivity contribution in [2.24, 2.45) is 5.92 Å². The lowest BCUT2D eigenvalue weighted by atomic mass is 9.95. The normalized spacial score (nSPS) is 20.5. The van der Waals surface area contributed by atoms with E-state index in [2.05, 4.69) is 13.0 Å². The fourth-order valence-electron chi connectivity index (χ4n) is 4.33. The third kappa shape index (κ3) is 4.00. The van der Waals surface area contributed by atoms with Gasteiger partial charge in [0.2, 0.25) is 0 Å². The van der Waals surface area contributed by atoms with Gasteiger partial charge >= 0.3 is 0 Å². The van der Waals surface area contributed by atoms with E-state index >= 15 is 0 Å². The quantitative estimate of drug-likeness (QED) is 0.579. The van der Waals surface area contributed by atoms with Crippen molar-refractivity contribution in [3.05, 3.63) is 40.6 Å². The number of piperidine rings is 1. The molecule has 2 heterocycles. The Kier molecular flexibility index (Phi) is 6.55. The summed E-state index contributed by atoms with van der Waals surface area (Å²) in [5.41, 5.74) is 4.07. The van der Waals surface area contributed by atoms with Crippen LogP contribution in [0.5, 0.6) is 0 Å². The van der Waals surface area contributed by atoms with Crippen LogP contribution in [0.4, 0.5) is 0 Å². The third-order valence-corrected chi connectivity index (χ3v) is 5.87. The third-order valence-electron chi connectivity index (χ3n) is 5.87. The standard InChI is InChI=1S/C23H32N2O3/c1-4-5-6-12-25-22(27)20(19-10-9-16(2)13-17(19)3)21(23(25)28)24-11-7-8-18(14-24)15-26/h9-10,13,18,26H,4-8,11-12,14-15H2,1-3H3. The van der Waals surface area contributed by atoms with E-state index in [9.17, 15) is 14.7 Å². The van der Waals surface area contributed by atoms with Gasteiger partial charge in [0.1, 0.15) is 5.70 Å². The zero-order chi connectivity index (χ0) is 20.3. The number of aryl methyl sites for hydroxylation is 2. The van der Waals surface area contributed by atoms with Crippen molar-refractivity contribution in [3.8, 4) is 0 Å². The van der Waals surface area contributed by atoms with Gasteiger partial charge in [0.05, 0.1) is 5.57 Å². The van der Waals surface area contributed by atoms with Crippen molar-refractivity contribution in [1.82, 2.24) is 9.80 Å². The lowest BCUT2D eigenvalue weighted by molar-refractivity contribution is -0.137. The van der Waals surface area contributed by atoms with Gasteiger partial charge in [0.15, 0.2) is 0 Å². The van der Waals surface area contributed by atoms with Crippen molar-refractivity contribution >= 4 is 17.4 Å². The Hall–Kier alpha value is -2.14. The van der Waals surface area contributed by atoms with E-state index < -0.39 is 0 Å². The number of benzene rings is 1. The Morgan fingerprint density at radius 2 is 1.93 bits per heavy atom. The van der Waals surface area contributed by atoms with Crippen LogP contribution in [0.2, 0.25) is 0 Å². The predicted molar refractivity (Wildman–Crippen MR) is 110 cm³/mol. The predicted octanol–water partition coefficient (Wildman–Crippen LogP) is 3.28. The van der Waals surface area contributed by atoms with Crippen molar-refractivity contribution in [3.63, 3.8) is 0 Å². The summed E-state index contributed by atoms with van der Waals surface area (Å²) in [6.07, 6.45) is 4.76. The molecule has 2 aliphatic heterocycles. The Balaban J connectivity index is 2.02. The largest absolute Gasteiger partial charge is 0.396 e. The highest BCUT2D eigenvalue weighted by Gasteiger charge is 2.42. The van der Waals surface area contributed by atoms with E-state index in [0.29, 0.717) is 24.4 Å². The number of nitrogens with zero attached hydrogens (tertiary/aromatic N) is 2. The van der Waals surface area contributed by atoms with Crippen LogP contribution in [0, 0.1) is 19.8 Å². The van der Waals surface area contributed by atoms with Crippen LogP contribution < -0.4 is 0 Å².